The lowest BCUT2D eigenvalue weighted by Crippen LogP contribution is -2.39. The summed E-state index contributed by atoms with van der Waals surface area (Å²) in [6.45, 7) is 1.50. The molecule has 6 heteroatoms. The van der Waals surface area contributed by atoms with Gasteiger partial charge in [0.05, 0.1) is 18.4 Å². The van der Waals surface area contributed by atoms with E-state index in [0.29, 0.717) is 23.9 Å². The second-order valence-electron chi connectivity index (χ2n) is 5.59. The predicted octanol–water partition coefficient (Wildman–Crippen LogP) is 1.84. The van der Waals surface area contributed by atoms with Gasteiger partial charge in [-0.1, -0.05) is 0 Å². The zero-order chi connectivity index (χ0) is 15.5. The van der Waals surface area contributed by atoms with E-state index in [1.54, 1.807) is 25.4 Å². The minimum Gasteiger partial charge on any atom is -0.481 e. The van der Waals surface area contributed by atoms with Crippen molar-refractivity contribution < 1.29 is 9.53 Å². The number of aromatic nitrogens is 3. The first-order valence-electron chi connectivity index (χ1n) is 7.46. The third-order valence-electron chi connectivity index (χ3n) is 4.05. The van der Waals surface area contributed by atoms with Crippen LogP contribution in [0.1, 0.15) is 34.8 Å². The number of hydrogen-bond acceptors (Lipinski definition) is 4. The summed E-state index contributed by atoms with van der Waals surface area (Å²) in [4.78, 5) is 18.6. The number of methoxy groups -OCH3 is 1. The number of nitrogens with zero attached hydrogens (tertiary/aromatic N) is 4. The quantitative estimate of drug-likeness (QED) is 0.868. The summed E-state index contributed by atoms with van der Waals surface area (Å²) in [6.07, 6.45) is 5.59. The molecule has 0 N–H and O–H groups in total. The Bertz CT molecular complexity index is 650. The number of ether oxygens (including phenoxy) is 1. The van der Waals surface area contributed by atoms with Crippen LogP contribution < -0.4 is 4.74 Å². The molecular weight excluding hydrogens is 280 g/mol. The maximum Gasteiger partial charge on any atom is 0.255 e. The van der Waals surface area contributed by atoms with Gasteiger partial charge in [0.25, 0.3) is 5.91 Å². The highest BCUT2D eigenvalue weighted by Gasteiger charge is 2.26. The monoisotopic (exact) mass is 300 g/mol. The van der Waals surface area contributed by atoms with Crippen molar-refractivity contribution in [1.29, 1.82) is 0 Å². The molecule has 0 radical (unpaired) electrons. The van der Waals surface area contributed by atoms with Gasteiger partial charge in [-0.2, -0.15) is 5.10 Å². The number of aryl methyl sites for hydroxylation is 1. The molecule has 1 aliphatic heterocycles. The summed E-state index contributed by atoms with van der Waals surface area (Å²) in [7, 11) is 3.48. The molecule has 2 aromatic rings. The van der Waals surface area contributed by atoms with Crippen molar-refractivity contribution in [3.63, 3.8) is 0 Å². The van der Waals surface area contributed by atoms with E-state index in [2.05, 4.69) is 10.1 Å². The maximum absolute atomic E-state index is 12.6. The van der Waals surface area contributed by atoms with Crippen LogP contribution in [0.25, 0.3) is 0 Å². The van der Waals surface area contributed by atoms with E-state index in [1.165, 1.54) is 0 Å². The first-order valence-corrected chi connectivity index (χ1v) is 7.46. The smallest absolute Gasteiger partial charge is 0.255 e. The molecule has 22 heavy (non-hydrogen) atoms. The maximum atomic E-state index is 12.6. The number of carbonyl (C=O) groups excluding carboxylic acids is 1. The number of pyridine rings is 1. The van der Waals surface area contributed by atoms with Gasteiger partial charge in [0.2, 0.25) is 5.88 Å². The molecule has 1 fully saturated rings. The summed E-state index contributed by atoms with van der Waals surface area (Å²) in [5, 5.41) is 4.47. The lowest BCUT2D eigenvalue weighted by atomic mass is 9.94. The molecule has 116 valence electrons. The summed E-state index contributed by atoms with van der Waals surface area (Å²) in [5.74, 6) is 0.849. The molecule has 1 saturated heterocycles. The van der Waals surface area contributed by atoms with Crippen LogP contribution >= 0.6 is 0 Å². The molecule has 1 atom stereocenters. The van der Waals surface area contributed by atoms with Gasteiger partial charge in [-0.3, -0.25) is 9.48 Å². The van der Waals surface area contributed by atoms with E-state index in [-0.39, 0.29) is 5.91 Å². The molecule has 0 aromatic carbocycles. The Morgan fingerprint density at radius 3 is 2.86 bits per heavy atom. The fraction of sp³-hybridized carbons (Fsp3) is 0.438. The van der Waals surface area contributed by atoms with Crippen molar-refractivity contribution in [2.24, 2.45) is 7.05 Å². The van der Waals surface area contributed by atoms with E-state index in [9.17, 15) is 4.79 Å². The number of rotatable bonds is 3. The largest absolute Gasteiger partial charge is 0.481 e. The minimum atomic E-state index is 0.0239. The molecule has 3 heterocycles. The average molecular weight is 300 g/mol. The van der Waals surface area contributed by atoms with Gasteiger partial charge in [0, 0.05) is 44.5 Å². The van der Waals surface area contributed by atoms with Crippen molar-refractivity contribution in [1.82, 2.24) is 19.7 Å². The number of likely N-dealkylation sites (tertiary alicyclic amines) is 1. The van der Waals surface area contributed by atoms with Gasteiger partial charge in [-0.05, 0) is 25.0 Å². The van der Waals surface area contributed by atoms with Crippen molar-refractivity contribution >= 4 is 5.91 Å². The van der Waals surface area contributed by atoms with Gasteiger partial charge < -0.3 is 9.64 Å². The zero-order valence-electron chi connectivity index (χ0n) is 12.9. The Hall–Kier alpha value is -2.37. The van der Waals surface area contributed by atoms with E-state index in [1.807, 2.05) is 28.9 Å². The molecule has 1 amide bonds. The molecule has 0 unspecified atom stereocenters. The van der Waals surface area contributed by atoms with Crippen LogP contribution in [0.5, 0.6) is 5.88 Å². The van der Waals surface area contributed by atoms with Crippen LogP contribution in [-0.4, -0.2) is 45.8 Å². The first-order chi connectivity index (χ1) is 10.7. The van der Waals surface area contributed by atoms with Crippen molar-refractivity contribution in [2.45, 2.75) is 18.8 Å². The molecule has 0 bridgehead atoms. The normalized spacial score (nSPS) is 18.3. The molecule has 2 aromatic heterocycles. The van der Waals surface area contributed by atoms with Crippen molar-refractivity contribution in [3.05, 3.63) is 41.9 Å². The van der Waals surface area contributed by atoms with E-state index in [0.717, 1.165) is 25.1 Å². The Balaban J connectivity index is 1.71. The number of hydrogen-bond donors (Lipinski definition) is 0. The Kier molecular flexibility index (Phi) is 4.09. The lowest BCUT2D eigenvalue weighted by molar-refractivity contribution is 0.0705. The SMILES string of the molecule is COc1ccc(C(=O)N2CCC[C@@H](c3ccn(C)n3)C2)cn1. The third kappa shape index (κ3) is 2.95. The van der Waals surface area contributed by atoms with Gasteiger partial charge in [-0.15, -0.1) is 0 Å². The van der Waals surface area contributed by atoms with E-state index < -0.39 is 0 Å². The Morgan fingerprint density at radius 2 is 2.23 bits per heavy atom. The first kappa shape index (κ1) is 14.6. The molecular formula is C16H20N4O2. The Morgan fingerprint density at radius 1 is 1.36 bits per heavy atom. The van der Waals surface area contributed by atoms with Crippen LogP contribution in [0.4, 0.5) is 0 Å². The summed E-state index contributed by atoms with van der Waals surface area (Å²) in [5.41, 5.74) is 1.66. The van der Waals surface area contributed by atoms with Crippen molar-refractivity contribution in [3.8, 4) is 5.88 Å². The number of amides is 1. The van der Waals surface area contributed by atoms with Crippen LogP contribution in [0.2, 0.25) is 0 Å². The Labute approximate surface area is 129 Å². The van der Waals surface area contributed by atoms with E-state index in [4.69, 9.17) is 4.74 Å². The predicted molar refractivity (Wildman–Crippen MR) is 81.9 cm³/mol. The highest BCUT2D eigenvalue weighted by Crippen LogP contribution is 2.26. The third-order valence-corrected chi connectivity index (χ3v) is 4.05. The topological polar surface area (TPSA) is 60.2 Å². The molecule has 3 rings (SSSR count). The minimum absolute atomic E-state index is 0.0239. The highest BCUT2D eigenvalue weighted by atomic mass is 16.5. The van der Waals surface area contributed by atoms with E-state index >= 15 is 0 Å². The van der Waals surface area contributed by atoms with Gasteiger partial charge in [0.15, 0.2) is 0 Å². The van der Waals surface area contributed by atoms with Gasteiger partial charge in [-0.25, -0.2) is 4.98 Å². The lowest BCUT2D eigenvalue weighted by Gasteiger charge is -2.32. The fourth-order valence-corrected chi connectivity index (χ4v) is 2.86. The fourth-order valence-electron chi connectivity index (χ4n) is 2.86. The second-order valence-corrected chi connectivity index (χ2v) is 5.59. The number of piperidine rings is 1. The summed E-state index contributed by atoms with van der Waals surface area (Å²) in [6, 6.07) is 5.51. The van der Waals surface area contributed by atoms with Crippen LogP contribution in [-0.2, 0) is 7.05 Å². The second kappa shape index (κ2) is 6.17. The zero-order valence-corrected chi connectivity index (χ0v) is 12.9. The molecule has 0 aliphatic carbocycles. The standard InChI is InChI=1S/C16H20N4O2/c1-19-9-7-14(18-19)13-4-3-8-20(11-13)16(21)12-5-6-15(22-2)17-10-12/h5-7,9-10,13H,3-4,8,11H2,1-2H3/t13-/m1/s1. The molecule has 0 spiro atoms. The average Bonchev–Trinajstić information content (AvgIpc) is 3.01. The van der Waals surface area contributed by atoms with Crippen molar-refractivity contribution in [2.75, 3.05) is 20.2 Å². The van der Waals surface area contributed by atoms with Crippen LogP contribution in [0.3, 0.4) is 0 Å². The highest BCUT2D eigenvalue weighted by molar-refractivity contribution is 5.94. The van der Waals surface area contributed by atoms with Crippen LogP contribution in [0, 0.1) is 0 Å². The summed E-state index contributed by atoms with van der Waals surface area (Å²) >= 11 is 0. The summed E-state index contributed by atoms with van der Waals surface area (Å²) < 4.78 is 6.83. The van der Waals surface area contributed by atoms with Gasteiger partial charge >= 0.3 is 0 Å². The molecule has 0 saturated carbocycles. The van der Waals surface area contributed by atoms with Gasteiger partial charge in [0.1, 0.15) is 0 Å². The number of carbonyl (C=O) groups is 1. The molecule has 1 aliphatic rings. The molecule has 6 nitrogen and oxygen atoms in total. The van der Waals surface area contributed by atoms with Crippen LogP contribution in [0.15, 0.2) is 30.6 Å².